The number of ether oxygens (including phenoxy) is 2. The van der Waals surface area contributed by atoms with Crippen molar-refractivity contribution in [2.75, 3.05) is 6.61 Å². The first-order chi connectivity index (χ1) is 12.7. The fraction of sp³-hybridized carbons (Fsp3) is 0.217. The summed E-state index contributed by atoms with van der Waals surface area (Å²) in [4.78, 5) is 0. The Hall–Kier alpha value is -2.26. The average molecular weight is 411 g/mol. The highest BCUT2D eigenvalue weighted by molar-refractivity contribution is 9.10. The largest absolute Gasteiger partial charge is 0.494 e. The molecule has 0 fully saturated rings. The summed E-state index contributed by atoms with van der Waals surface area (Å²) in [6.07, 6.45) is 0.885. The summed E-state index contributed by atoms with van der Waals surface area (Å²) >= 11 is 3.66. The topological polar surface area (TPSA) is 18.5 Å². The normalized spacial score (nSPS) is 10.6. The first-order valence-corrected chi connectivity index (χ1v) is 9.62. The minimum absolute atomic E-state index is 0.567. The van der Waals surface area contributed by atoms with E-state index in [0.717, 1.165) is 28.0 Å². The Morgan fingerprint density at radius 3 is 2.27 bits per heavy atom. The second kappa shape index (κ2) is 8.91. The van der Waals surface area contributed by atoms with Gasteiger partial charge in [0.25, 0.3) is 0 Å². The van der Waals surface area contributed by atoms with Gasteiger partial charge in [-0.05, 0) is 82.7 Å². The van der Waals surface area contributed by atoms with Crippen LogP contribution in [0.1, 0.15) is 29.2 Å². The van der Waals surface area contributed by atoms with E-state index in [-0.39, 0.29) is 0 Å². The third-order valence-corrected chi connectivity index (χ3v) is 4.88. The van der Waals surface area contributed by atoms with Gasteiger partial charge in [0.2, 0.25) is 0 Å². The van der Waals surface area contributed by atoms with Crippen LogP contribution in [0.25, 0.3) is 0 Å². The van der Waals surface area contributed by atoms with Gasteiger partial charge < -0.3 is 9.47 Å². The first-order valence-electron chi connectivity index (χ1n) is 8.83. The molecule has 3 heteroatoms. The highest BCUT2D eigenvalue weighted by Gasteiger charge is 2.08. The highest BCUT2D eigenvalue weighted by atomic mass is 79.9. The Kier molecular flexibility index (Phi) is 6.35. The van der Waals surface area contributed by atoms with Crippen LogP contribution >= 0.6 is 15.9 Å². The number of rotatable bonds is 7. The minimum Gasteiger partial charge on any atom is -0.494 e. The molecule has 0 saturated carbocycles. The van der Waals surface area contributed by atoms with Crippen LogP contribution in [0.3, 0.4) is 0 Å². The lowest BCUT2D eigenvalue weighted by molar-refractivity contribution is 0.304. The fourth-order valence-corrected chi connectivity index (χ4v) is 3.33. The quantitative estimate of drug-likeness (QED) is 0.453. The summed E-state index contributed by atoms with van der Waals surface area (Å²) < 4.78 is 12.5. The molecule has 0 atom stereocenters. The molecule has 26 heavy (non-hydrogen) atoms. The molecule has 0 aliphatic rings. The summed E-state index contributed by atoms with van der Waals surface area (Å²) in [6.45, 7) is 5.38. The van der Waals surface area contributed by atoms with Gasteiger partial charge in [-0.3, -0.25) is 0 Å². The van der Waals surface area contributed by atoms with Crippen molar-refractivity contribution >= 4 is 15.9 Å². The van der Waals surface area contributed by atoms with Gasteiger partial charge in [-0.2, -0.15) is 0 Å². The number of halogens is 1. The molecule has 0 saturated heterocycles. The molecule has 0 aliphatic heterocycles. The van der Waals surface area contributed by atoms with Gasteiger partial charge in [0.1, 0.15) is 18.1 Å². The standard InChI is InChI=1S/C23H23BrO2/c1-3-25-21-11-9-18(10-12-21)14-20-15-22(24)23(13-17(20)2)26-16-19-7-5-4-6-8-19/h4-13,15H,3,14,16H2,1-2H3. The molecule has 3 aromatic rings. The zero-order valence-electron chi connectivity index (χ0n) is 15.2. The number of hydrogen-bond donors (Lipinski definition) is 0. The molecule has 0 bridgehead atoms. The van der Waals surface area contributed by atoms with Crippen molar-refractivity contribution in [1.82, 2.24) is 0 Å². The molecule has 2 nitrogen and oxygen atoms in total. The van der Waals surface area contributed by atoms with Crippen LogP contribution in [0.5, 0.6) is 11.5 Å². The van der Waals surface area contributed by atoms with Crippen LogP contribution in [0, 0.1) is 6.92 Å². The van der Waals surface area contributed by atoms with E-state index in [4.69, 9.17) is 9.47 Å². The average Bonchev–Trinajstić information content (AvgIpc) is 2.66. The molecule has 0 unspecified atom stereocenters. The van der Waals surface area contributed by atoms with Crippen molar-refractivity contribution in [1.29, 1.82) is 0 Å². The van der Waals surface area contributed by atoms with Crippen LogP contribution in [0.15, 0.2) is 71.2 Å². The van der Waals surface area contributed by atoms with E-state index in [1.165, 1.54) is 16.7 Å². The van der Waals surface area contributed by atoms with Crippen LogP contribution in [0.4, 0.5) is 0 Å². The molecule has 0 heterocycles. The molecule has 0 N–H and O–H groups in total. The molecular formula is C23H23BrO2. The Bertz CT molecular complexity index is 842. The molecule has 0 amide bonds. The predicted octanol–water partition coefficient (Wildman–Crippen LogP) is 6.33. The summed E-state index contributed by atoms with van der Waals surface area (Å²) in [6, 6.07) is 22.8. The predicted molar refractivity (Wildman–Crippen MR) is 110 cm³/mol. The Morgan fingerprint density at radius 2 is 1.58 bits per heavy atom. The van der Waals surface area contributed by atoms with Crippen molar-refractivity contribution < 1.29 is 9.47 Å². The van der Waals surface area contributed by atoms with Gasteiger partial charge in [0, 0.05) is 0 Å². The molecule has 3 rings (SSSR count). The lowest BCUT2D eigenvalue weighted by atomic mass is 10.0. The summed E-state index contributed by atoms with van der Waals surface area (Å²) in [5, 5.41) is 0. The van der Waals surface area contributed by atoms with E-state index in [0.29, 0.717) is 13.2 Å². The van der Waals surface area contributed by atoms with E-state index in [9.17, 15) is 0 Å². The maximum absolute atomic E-state index is 5.99. The first kappa shape index (κ1) is 18.5. The third-order valence-electron chi connectivity index (χ3n) is 4.26. The lowest BCUT2D eigenvalue weighted by Gasteiger charge is -2.13. The highest BCUT2D eigenvalue weighted by Crippen LogP contribution is 2.30. The van der Waals surface area contributed by atoms with Gasteiger partial charge in [0.15, 0.2) is 0 Å². The molecule has 0 radical (unpaired) electrons. The number of aryl methyl sites for hydroxylation is 1. The monoisotopic (exact) mass is 410 g/mol. The van der Waals surface area contributed by atoms with E-state index in [1.54, 1.807) is 0 Å². The Morgan fingerprint density at radius 1 is 0.846 bits per heavy atom. The molecule has 3 aromatic carbocycles. The van der Waals surface area contributed by atoms with Crippen LogP contribution in [-0.2, 0) is 13.0 Å². The van der Waals surface area contributed by atoms with Crippen LogP contribution in [-0.4, -0.2) is 6.61 Å². The van der Waals surface area contributed by atoms with Gasteiger partial charge >= 0.3 is 0 Å². The SMILES string of the molecule is CCOc1ccc(Cc2cc(Br)c(OCc3ccccc3)cc2C)cc1. The van der Waals surface area contributed by atoms with Crippen LogP contribution in [0.2, 0.25) is 0 Å². The second-order valence-corrected chi connectivity index (χ2v) is 7.09. The zero-order chi connectivity index (χ0) is 18.4. The molecule has 0 aliphatic carbocycles. The molecule has 0 spiro atoms. The van der Waals surface area contributed by atoms with Crippen molar-refractivity contribution in [3.05, 3.63) is 93.5 Å². The second-order valence-electron chi connectivity index (χ2n) is 6.24. The maximum atomic E-state index is 5.99. The van der Waals surface area contributed by atoms with E-state index >= 15 is 0 Å². The van der Waals surface area contributed by atoms with Crippen molar-refractivity contribution in [2.45, 2.75) is 26.9 Å². The molecule has 134 valence electrons. The minimum atomic E-state index is 0.567. The summed E-state index contributed by atoms with van der Waals surface area (Å²) in [5.74, 6) is 1.79. The Balaban J connectivity index is 1.70. The summed E-state index contributed by atoms with van der Waals surface area (Å²) in [7, 11) is 0. The van der Waals surface area contributed by atoms with Crippen LogP contribution < -0.4 is 9.47 Å². The fourth-order valence-electron chi connectivity index (χ4n) is 2.82. The van der Waals surface area contributed by atoms with Gasteiger partial charge in [-0.15, -0.1) is 0 Å². The van der Waals surface area contributed by atoms with Crippen molar-refractivity contribution in [2.24, 2.45) is 0 Å². The smallest absolute Gasteiger partial charge is 0.134 e. The van der Waals surface area contributed by atoms with Gasteiger partial charge in [-0.1, -0.05) is 42.5 Å². The maximum Gasteiger partial charge on any atom is 0.134 e. The summed E-state index contributed by atoms with van der Waals surface area (Å²) in [5.41, 5.74) is 4.94. The van der Waals surface area contributed by atoms with E-state index < -0.39 is 0 Å². The van der Waals surface area contributed by atoms with E-state index in [1.807, 2.05) is 37.3 Å². The lowest BCUT2D eigenvalue weighted by Crippen LogP contribution is -1.99. The van der Waals surface area contributed by atoms with Gasteiger partial charge in [-0.25, -0.2) is 0 Å². The third kappa shape index (κ3) is 4.89. The number of benzene rings is 3. The zero-order valence-corrected chi connectivity index (χ0v) is 16.8. The number of hydrogen-bond acceptors (Lipinski definition) is 2. The van der Waals surface area contributed by atoms with Gasteiger partial charge in [0.05, 0.1) is 11.1 Å². The van der Waals surface area contributed by atoms with Crippen molar-refractivity contribution in [3.63, 3.8) is 0 Å². The van der Waals surface area contributed by atoms with E-state index in [2.05, 4.69) is 59.3 Å². The molecular weight excluding hydrogens is 388 g/mol. The Labute approximate surface area is 163 Å². The van der Waals surface area contributed by atoms with Crippen molar-refractivity contribution in [3.8, 4) is 11.5 Å². The molecule has 0 aromatic heterocycles.